The fourth-order valence-corrected chi connectivity index (χ4v) is 2.83. The van der Waals surface area contributed by atoms with Crippen molar-refractivity contribution in [1.29, 1.82) is 0 Å². The lowest BCUT2D eigenvalue weighted by Crippen LogP contribution is -1.94. The van der Waals surface area contributed by atoms with Crippen LogP contribution in [0.2, 0.25) is 0 Å². The molecule has 2 aromatic carbocycles. The summed E-state index contributed by atoms with van der Waals surface area (Å²) < 4.78 is 7.76. The van der Waals surface area contributed by atoms with Crippen molar-refractivity contribution < 1.29 is 4.74 Å². The lowest BCUT2D eigenvalue weighted by atomic mass is 10.2. The summed E-state index contributed by atoms with van der Waals surface area (Å²) in [5.74, 6) is 1.55. The van der Waals surface area contributed by atoms with Gasteiger partial charge in [0, 0.05) is 6.20 Å². The highest BCUT2D eigenvalue weighted by atomic mass is 16.5. The lowest BCUT2D eigenvalue weighted by molar-refractivity contribution is 0.306. The molecule has 0 bridgehead atoms. The second kappa shape index (κ2) is 7.41. The largest absolute Gasteiger partial charge is 0.489 e. The summed E-state index contributed by atoms with van der Waals surface area (Å²) in [7, 11) is 0. The van der Waals surface area contributed by atoms with Crippen molar-refractivity contribution in [2.45, 2.75) is 20.5 Å². The number of hydrogen-bond donors (Lipinski definition) is 0. The Balaban J connectivity index is 1.48. The van der Waals surface area contributed by atoms with E-state index in [0.717, 1.165) is 39.7 Å². The molecule has 2 heterocycles. The molecule has 0 atom stereocenters. The molecule has 0 spiro atoms. The summed E-state index contributed by atoms with van der Waals surface area (Å²) in [6, 6.07) is 21.7. The molecule has 0 amide bonds. The van der Waals surface area contributed by atoms with E-state index in [1.54, 1.807) is 0 Å². The molecule has 0 aliphatic carbocycles. The van der Waals surface area contributed by atoms with Crippen molar-refractivity contribution in [3.05, 3.63) is 89.7 Å². The molecule has 0 unspecified atom stereocenters. The molecule has 5 nitrogen and oxygen atoms in total. The van der Waals surface area contributed by atoms with Gasteiger partial charge in [-0.3, -0.25) is 4.40 Å². The number of hydrogen-bond acceptors (Lipinski definition) is 4. The summed E-state index contributed by atoms with van der Waals surface area (Å²) >= 11 is 0. The van der Waals surface area contributed by atoms with Crippen LogP contribution in [-0.2, 0) is 6.61 Å². The lowest BCUT2D eigenvalue weighted by Gasteiger charge is -2.06. The molecule has 0 aliphatic heterocycles. The van der Waals surface area contributed by atoms with E-state index in [9.17, 15) is 0 Å². The molecule has 27 heavy (non-hydrogen) atoms. The van der Waals surface area contributed by atoms with E-state index in [-0.39, 0.29) is 0 Å². The van der Waals surface area contributed by atoms with Crippen LogP contribution in [0.15, 0.2) is 83.2 Å². The normalized spacial score (nSPS) is 11.3. The van der Waals surface area contributed by atoms with Crippen molar-refractivity contribution in [3.63, 3.8) is 0 Å². The summed E-state index contributed by atoms with van der Waals surface area (Å²) in [4.78, 5) is 4.52. The molecule has 2 aromatic heterocycles. The third-order valence-corrected chi connectivity index (χ3v) is 4.25. The average molecular weight is 356 g/mol. The number of aryl methyl sites for hydroxylation is 2. The van der Waals surface area contributed by atoms with Crippen LogP contribution in [0.1, 0.15) is 16.8 Å². The highest BCUT2D eigenvalue weighted by Gasteiger charge is 2.07. The van der Waals surface area contributed by atoms with Crippen LogP contribution in [-0.4, -0.2) is 9.38 Å². The smallest absolute Gasteiger partial charge is 0.182 e. The van der Waals surface area contributed by atoms with E-state index in [1.165, 1.54) is 0 Å². The summed E-state index contributed by atoms with van der Waals surface area (Å²) in [6.07, 6.45) is 2.02. The van der Waals surface area contributed by atoms with Crippen molar-refractivity contribution in [2.75, 3.05) is 0 Å². The Labute approximate surface area is 158 Å². The van der Waals surface area contributed by atoms with Crippen LogP contribution < -0.4 is 4.74 Å². The second-order valence-corrected chi connectivity index (χ2v) is 6.42. The standard InChI is InChI=1S/C22H20N4O/c1-16-8-13-21-23-17(2)22(26(21)14-16)25-24-19-9-11-20(12-10-19)27-15-18-6-4-3-5-7-18/h3-14H,15H2,1-2H3. The van der Waals surface area contributed by atoms with E-state index in [4.69, 9.17) is 4.74 Å². The predicted octanol–water partition coefficient (Wildman–Crippen LogP) is 5.95. The Kier molecular flexibility index (Phi) is 4.66. The maximum atomic E-state index is 5.80. The number of aromatic nitrogens is 2. The number of benzene rings is 2. The minimum atomic E-state index is 0.544. The molecule has 0 saturated heterocycles. The molecular formula is C22H20N4O. The van der Waals surface area contributed by atoms with Crippen LogP contribution in [0, 0.1) is 13.8 Å². The van der Waals surface area contributed by atoms with E-state index < -0.39 is 0 Å². The maximum Gasteiger partial charge on any atom is 0.182 e. The summed E-state index contributed by atoms with van der Waals surface area (Å²) in [6.45, 7) is 4.53. The summed E-state index contributed by atoms with van der Waals surface area (Å²) in [5, 5.41) is 8.77. The van der Waals surface area contributed by atoms with Crippen molar-refractivity contribution in [3.8, 4) is 5.75 Å². The Morgan fingerprint density at radius 3 is 2.44 bits per heavy atom. The molecule has 4 rings (SSSR count). The van der Waals surface area contributed by atoms with Crippen LogP contribution in [0.25, 0.3) is 5.65 Å². The van der Waals surface area contributed by atoms with E-state index >= 15 is 0 Å². The molecule has 134 valence electrons. The van der Waals surface area contributed by atoms with Gasteiger partial charge in [0.2, 0.25) is 0 Å². The first-order valence-corrected chi connectivity index (χ1v) is 8.83. The van der Waals surface area contributed by atoms with Crippen molar-refractivity contribution in [1.82, 2.24) is 9.38 Å². The first-order chi connectivity index (χ1) is 13.2. The third kappa shape index (κ3) is 3.87. The number of ether oxygens (including phenoxy) is 1. The molecule has 4 aromatic rings. The Bertz CT molecular complexity index is 1080. The molecule has 0 saturated carbocycles. The van der Waals surface area contributed by atoms with E-state index in [1.807, 2.05) is 91.2 Å². The minimum Gasteiger partial charge on any atom is -0.489 e. The van der Waals surface area contributed by atoms with Gasteiger partial charge in [0.25, 0.3) is 0 Å². The van der Waals surface area contributed by atoms with Gasteiger partial charge in [0.1, 0.15) is 18.0 Å². The van der Waals surface area contributed by atoms with Gasteiger partial charge in [0.05, 0.1) is 11.4 Å². The highest BCUT2D eigenvalue weighted by molar-refractivity contribution is 5.52. The number of fused-ring (bicyclic) bond motifs is 1. The van der Waals surface area contributed by atoms with Gasteiger partial charge >= 0.3 is 0 Å². The average Bonchev–Trinajstić information content (AvgIpc) is 3.01. The Hall–Kier alpha value is -3.47. The number of rotatable bonds is 5. The topological polar surface area (TPSA) is 51.2 Å². The number of imidazole rings is 1. The van der Waals surface area contributed by atoms with Crippen LogP contribution in [0.4, 0.5) is 11.5 Å². The molecule has 0 aliphatic rings. The zero-order chi connectivity index (χ0) is 18.6. The molecule has 5 heteroatoms. The van der Waals surface area contributed by atoms with Gasteiger partial charge in [-0.1, -0.05) is 36.4 Å². The highest BCUT2D eigenvalue weighted by Crippen LogP contribution is 2.25. The van der Waals surface area contributed by atoms with Gasteiger partial charge in [-0.15, -0.1) is 10.2 Å². The van der Waals surface area contributed by atoms with Gasteiger partial charge in [-0.2, -0.15) is 0 Å². The third-order valence-electron chi connectivity index (χ3n) is 4.25. The van der Waals surface area contributed by atoms with Gasteiger partial charge in [-0.05, 0) is 55.3 Å². The fraction of sp³-hybridized carbons (Fsp3) is 0.136. The molecule has 0 N–H and O–H groups in total. The van der Waals surface area contributed by atoms with Crippen molar-refractivity contribution in [2.24, 2.45) is 10.2 Å². The molecule has 0 radical (unpaired) electrons. The monoisotopic (exact) mass is 356 g/mol. The van der Waals surface area contributed by atoms with Gasteiger partial charge in [0.15, 0.2) is 5.82 Å². The zero-order valence-electron chi connectivity index (χ0n) is 15.3. The molecular weight excluding hydrogens is 336 g/mol. The van der Waals surface area contributed by atoms with Crippen molar-refractivity contribution >= 4 is 17.2 Å². The van der Waals surface area contributed by atoms with E-state index in [0.29, 0.717) is 6.61 Å². The number of nitrogens with zero attached hydrogens (tertiary/aromatic N) is 4. The number of pyridine rings is 1. The quantitative estimate of drug-likeness (QED) is 0.415. The zero-order valence-corrected chi connectivity index (χ0v) is 15.3. The Morgan fingerprint density at radius 1 is 0.889 bits per heavy atom. The van der Waals surface area contributed by atoms with Gasteiger partial charge < -0.3 is 4.74 Å². The van der Waals surface area contributed by atoms with Crippen LogP contribution >= 0.6 is 0 Å². The number of azo groups is 1. The Morgan fingerprint density at radius 2 is 1.67 bits per heavy atom. The second-order valence-electron chi connectivity index (χ2n) is 6.42. The first kappa shape index (κ1) is 17.0. The first-order valence-electron chi connectivity index (χ1n) is 8.83. The van der Waals surface area contributed by atoms with Gasteiger partial charge in [-0.25, -0.2) is 4.98 Å². The SMILES string of the molecule is Cc1ccc2nc(C)c(N=Nc3ccc(OCc4ccccc4)cc3)n2c1. The predicted molar refractivity (Wildman–Crippen MR) is 106 cm³/mol. The minimum absolute atomic E-state index is 0.544. The maximum absolute atomic E-state index is 5.80. The molecule has 0 fully saturated rings. The fourth-order valence-electron chi connectivity index (χ4n) is 2.83. The van der Waals surface area contributed by atoms with Crippen LogP contribution in [0.5, 0.6) is 5.75 Å². The van der Waals surface area contributed by atoms with Crippen LogP contribution in [0.3, 0.4) is 0 Å². The van der Waals surface area contributed by atoms with E-state index in [2.05, 4.69) is 15.2 Å². The summed E-state index contributed by atoms with van der Waals surface area (Å²) in [5.41, 5.74) is 4.78.